The van der Waals surface area contributed by atoms with Crippen LogP contribution in [0.5, 0.6) is 0 Å². The van der Waals surface area contributed by atoms with Gasteiger partial charge in [-0.2, -0.15) is 0 Å². The van der Waals surface area contributed by atoms with E-state index in [2.05, 4.69) is 264 Å². The van der Waals surface area contributed by atoms with Crippen molar-refractivity contribution in [1.82, 2.24) is 4.57 Å². The number of hydrogen-bond acceptors (Lipinski definition) is 1. The Morgan fingerprint density at radius 2 is 0.581 bits per heavy atom. The van der Waals surface area contributed by atoms with Gasteiger partial charge in [0.25, 0.3) is 0 Å². The third-order valence-electron chi connectivity index (χ3n) is 12.1. The third kappa shape index (κ3) is 6.56. The van der Waals surface area contributed by atoms with Gasteiger partial charge >= 0.3 is 0 Å². The van der Waals surface area contributed by atoms with Gasteiger partial charge in [-0.15, -0.1) is 0 Å². The average Bonchev–Trinajstić information content (AvgIpc) is 3.69. The van der Waals surface area contributed by atoms with E-state index in [1.165, 1.54) is 55.2 Å². The molecule has 2 nitrogen and oxygen atoms in total. The molecule has 0 amide bonds. The molecule has 0 aliphatic rings. The van der Waals surface area contributed by atoms with Crippen LogP contribution in [-0.4, -0.2) is 4.57 Å². The Labute approximate surface area is 362 Å². The second-order valence-corrected chi connectivity index (χ2v) is 15.6. The lowest BCUT2D eigenvalue weighted by molar-refractivity contribution is 1.15. The summed E-state index contributed by atoms with van der Waals surface area (Å²) in [6, 6.07) is 92.2. The molecule has 2 heteroatoms. The van der Waals surface area contributed by atoms with Gasteiger partial charge in [-0.05, 0) is 80.9 Å². The molecule has 0 aliphatic heterocycles. The Bertz CT molecular complexity index is 3290. The van der Waals surface area contributed by atoms with Crippen molar-refractivity contribution in [2.24, 2.45) is 0 Å². The molecule has 0 spiro atoms. The quantitative estimate of drug-likeness (QED) is 0.141. The fraction of sp³-hybridized carbons (Fsp3) is 0. The molecule has 0 bridgehead atoms. The lowest BCUT2D eigenvalue weighted by Gasteiger charge is -2.32. The molecular weight excluding hydrogens is 749 g/mol. The fourth-order valence-corrected chi connectivity index (χ4v) is 9.24. The van der Waals surface area contributed by atoms with Gasteiger partial charge in [0.1, 0.15) is 0 Å². The fourth-order valence-electron chi connectivity index (χ4n) is 9.24. The molecule has 0 radical (unpaired) electrons. The number of rotatable bonds is 9. The van der Waals surface area contributed by atoms with Gasteiger partial charge < -0.3 is 9.47 Å². The van der Waals surface area contributed by atoms with Crippen LogP contribution in [0.4, 0.5) is 17.1 Å². The summed E-state index contributed by atoms with van der Waals surface area (Å²) in [6.45, 7) is 0. The number of benzene rings is 10. The highest BCUT2D eigenvalue weighted by Crippen LogP contribution is 2.49. The van der Waals surface area contributed by atoms with E-state index >= 15 is 0 Å². The van der Waals surface area contributed by atoms with Crippen molar-refractivity contribution in [2.75, 3.05) is 4.90 Å². The SMILES string of the molecule is c1ccc(-c2ccc(-c3ccccc3N(c3ccccc3-c3ccccc3-c3ccccc3-c3ccccc3)c3ccccc3-n3c4ccccc4c4ccccc43)cc2)cc1. The van der Waals surface area contributed by atoms with Crippen LogP contribution in [0.1, 0.15) is 0 Å². The van der Waals surface area contributed by atoms with Crippen molar-refractivity contribution in [2.45, 2.75) is 0 Å². The Morgan fingerprint density at radius 1 is 0.226 bits per heavy atom. The van der Waals surface area contributed by atoms with Crippen molar-refractivity contribution in [3.8, 4) is 61.3 Å². The molecule has 0 atom stereocenters. The molecule has 11 rings (SSSR count). The molecule has 0 aliphatic carbocycles. The van der Waals surface area contributed by atoms with E-state index in [0.29, 0.717) is 0 Å². The molecule has 0 fully saturated rings. The maximum Gasteiger partial charge on any atom is 0.0702 e. The zero-order valence-corrected chi connectivity index (χ0v) is 34.1. The minimum atomic E-state index is 1.07. The summed E-state index contributed by atoms with van der Waals surface area (Å²) in [5, 5.41) is 2.46. The van der Waals surface area contributed by atoms with Crippen LogP contribution in [0.15, 0.2) is 255 Å². The second kappa shape index (κ2) is 16.1. The zero-order chi connectivity index (χ0) is 41.2. The van der Waals surface area contributed by atoms with Gasteiger partial charge in [0.15, 0.2) is 0 Å². The van der Waals surface area contributed by atoms with Crippen LogP contribution in [0.3, 0.4) is 0 Å². The van der Waals surface area contributed by atoms with E-state index in [-0.39, 0.29) is 0 Å². The Balaban J connectivity index is 1.17. The molecule has 10 aromatic carbocycles. The average molecular weight is 791 g/mol. The molecular formula is C60H42N2. The van der Waals surface area contributed by atoms with Crippen LogP contribution in [0, 0.1) is 0 Å². The highest BCUT2D eigenvalue weighted by Gasteiger charge is 2.25. The predicted molar refractivity (Wildman–Crippen MR) is 263 cm³/mol. The lowest BCUT2D eigenvalue weighted by atomic mass is 9.88. The van der Waals surface area contributed by atoms with E-state index < -0.39 is 0 Å². The van der Waals surface area contributed by atoms with Crippen LogP contribution in [-0.2, 0) is 0 Å². The summed E-state index contributed by atoms with van der Waals surface area (Å²) in [5.41, 5.74) is 18.4. The van der Waals surface area contributed by atoms with Crippen molar-refractivity contribution in [3.63, 3.8) is 0 Å². The maximum atomic E-state index is 2.49. The zero-order valence-electron chi connectivity index (χ0n) is 34.1. The van der Waals surface area contributed by atoms with Crippen molar-refractivity contribution < 1.29 is 0 Å². The van der Waals surface area contributed by atoms with Crippen molar-refractivity contribution in [3.05, 3.63) is 255 Å². The van der Waals surface area contributed by atoms with E-state index in [9.17, 15) is 0 Å². The number of para-hydroxylation sites is 6. The van der Waals surface area contributed by atoms with Gasteiger partial charge in [0.05, 0.1) is 33.8 Å². The monoisotopic (exact) mass is 790 g/mol. The Hall–Kier alpha value is -8.20. The van der Waals surface area contributed by atoms with E-state index in [0.717, 1.165) is 45.0 Å². The summed E-state index contributed by atoms with van der Waals surface area (Å²) >= 11 is 0. The van der Waals surface area contributed by atoms with E-state index in [1.807, 2.05) is 0 Å². The number of fused-ring (bicyclic) bond motifs is 3. The van der Waals surface area contributed by atoms with Crippen LogP contribution in [0.25, 0.3) is 83.1 Å². The smallest absolute Gasteiger partial charge is 0.0702 e. The number of anilines is 3. The number of aromatic nitrogens is 1. The largest absolute Gasteiger partial charge is 0.307 e. The first-order valence-electron chi connectivity index (χ1n) is 21.3. The molecule has 1 aromatic heterocycles. The lowest BCUT2D eigenvalue weighted by Crippen LogP contribution is -2.15. The number of nitrogens with zero attached hydrogens (tertiary/aromatic N) is 2. The molecule has 1 heterocycles. The first-order valence-corrected chi connectivity index (χ1v) is 21.3. The molecule has 0 saturated carbocycles. The highest BCUT2D eigenvalue weighted by atomic mass is 15.2. The number of hydrogen-bond donors (Lipinski definition) is 0. The minimum absolute atomic E-state index is 1.07. The summed E-state index contributed by atoms with van der Waals surface area (Å²) in [4.78, 5) is 2.49. The Morgan fingerprint density at radius 3 is 1.19 bits per heavy atom. The normalized spacial score (nSPS) is 11.2. The van der Waals surface area contributed by atoms with Crippen molar-refractivity contribution in [1.29, 1.82) is 0 Å². The third-order valence-corrected chi connectivity index (χ3v) is 12.1. The summed E-state index contributed by atoms with van der Waals surface area (Å²) in [5.74, 6) is 0. The standard InChI is InChI=1S/C60H42N2/c1-3-21-43(22-4-1)44-39-41-46(42-40-44)48-26-11-15-33-55(48)61(59-37-19-20-38-60(59)62-57-35-17-13-31-53(57)54-32-14-18-36-58(54)62)56-34-16-12-30-52(56)51-29-10-9-28-50(51)49-27-8-7-25-47(49)45-23-5-2-6-24-45/h1-42H. The van der Waals surface area contributed by atoms with Crippen LogP contribution < -0.4 is 4.90 Å². The second-order valence-electron chi connectivity index (χ2n) is 15.6. The Kier molecular flexibility index (Phi) is 9.57. The van der Waals surface area contributed by atoms with Gasteiger partial charge in [0, 0.05) is 21.9 Å². The topological polar surface area (TPSA) is 8.17 Å². The summed E-state index contributed by atoms with van der Waals surface area (Å²) in [7, 11) is 0. The minimum Gasteiger partial charge on any atom is -0.307 e. The summed E-state index contributed by atoms with van der Waals surface area (Å²) in [6.07, 6.45) is 0. The van der Waals surface area contributed by atoms with E-state index in [1.54, 1.807) is 0 Å². The van der Waals surface area contributed by atoms with Gasteiger partial charge in [-0.25, -0.2) is 0 Å². The van der Waals surface area contributed by atoms with Crippen molar-refractivity contribution >= 4 is 38.9 Å². The maximum absolute atomic E-state index is 2.49. The first-order chi connectivity index (χ1) is 30.8. The molecule has 0 unspecified atom stereocenters. The molecule has 0 N–H and O–H groups in total. The summed E-state index contributed by atoms with van der Waals surface area (Å²) < 4.78 is 2.44. The van der Waals surface area contributed by atoms with Gasteiger partial charge in [-0.1, -0.05) is 218 Å². The molecule has 292 valence electrons. The molecule has 62 heavy (non-hydrogen) atoms. The van der Waals surface area contributed by atoms with E-state index in [4.69, 9.17) is 0 Å². The van der Waals surface area contributed by atoms with Crippen LogP contribution >= 0.6 is 0 Å². The van der Waals surface area contributed by atoms with Gasteiger partial charge in [-0.3, -0.25) is 0 Å². The van der Waals surface area contributed by atoms with Gasteiger partial charge in [0.2, 0.25) is 0 Å². The highest BCUT2D eigenvalue weighted by molar-refractivity contribution is 6.10. The molecule has 0 saturated heterocycles. The first kappa shape index (κ1) is 36.8. The predicted octanol–water partition coefficient (Wildman–Crippen LogP) is 16.6. The van der Waals surface area contributed by atoms with Crippen LogP contribution in [0.2, 0.25) is 0 Å². The molecule has 11 aromatic rings.